The molecule has 2 atom stereocenters. The van der Waals surface area contributed by atoms with Gasteiger partial charge in [-0.05, 0) is 24.0 Å². The summed E-state index contributed by atoms with van der Waals surface area (Å²) in [6, 6.07) is 18.7. The summed E-state index contributed by atoms with van der Waals surface area (Å²) in [4.78, 5) is 24.6. The lowest BCUT2D eigenvalue weighted by molar-refractivity contribution is -0.484. The van der Waals surface area contributed by atoms with Crippen LogP contribution in [-0.2, 0) is 0 Å². The number of rotatable bonds is 6. The average molecular weight is 410 g/mol. The molecule has 2 aromatic carbocycles. The summed E-state index contributed by atoms with van der Waals surface area (Å²) in [5, 5.41) is 20.8. The van der Waals surface area contributed by atoms with Gasteiger partial charge in [0.05, 0.1) is 22.7 Å². The zero-order chi connectivity index (χ0) is 21.8. The quantitative estimate of drug-likeness (QED) is 0.562. The Morgan fingerprint density at radius 2 is 1.67 bits per heavy atom. The van der Waals surface area contributed by atoms with Crippen LogP contribution < -0.4 is 5.73 Å². The van der Waals surface area contributed by atoms with Gasteiger partial charge in [-0.15, -0.1) is 0 Å². The maximum absolute atomic E-state index is 10.9. The van der Waals surface area contributed by atoms with E-state index in [-0.39, 0.29) is 23.4 Å². The normalized spacial score (nSPS) is 17.2. The summed E-state index contributed by atoms with van der Waals surface area (Å²) >= 11 is 0. The molecule has 0 fully saturated rings. The van der Waals surface area contributed by atoms with Gasteiger partial charge >= 0.3 is 0 Å². The number of nitrogens with two attached hydrogens (primary N) is 1. The van der Waals surface area contributed by atoms with Crippen molar-refractivity contribution in [2.24, 2.45) is 10.7 Å². The first kappa shape index (κ1) is 22.7. The van der Waals surface area contributed by atoms with E-state index in [0.717, 1.165) is 43.0 Å². The molecular formula is C22H26N4O4. The highest BCUT2D eigenvalue weighted by Gasteiger charge is 2.28. The SMILES string of the molecule is NC1=NC(C(C[N+](=O)[O-])c2ccccc2)CCCC1.O=[N+]([O-])/C=C/c1ccccc1. The second-order valence-electron chi connectivity index (χ2n) is 6.98. The third-order valence-electron chi connectivity index (χ3n) is 4.74. The van der Waals surface area contributed by atoms with Gasteiger partial charge in [-0.3, -0.25) is 25.2 Å². The van der Waals surface area contributed by atoms with Crippen LogP contribution in [0.1, 0.15) is 42.7 Å². The number of nitro groups is 2. The summed E-state index contributed by atoms with van der Waals surface area (Å²) in [6.45, 7) is -0.0918. The maximum atomic E-state index is 10.9. The lowest BCUT2D eigenvalue weighted by Gasteiger charge is -2.20. The molecule has 0 aromatic heterocycles. The Morgan fingerprint density at radius 3 is 2.27 bits per heavy atom. The fraction of sp³-hybridized carbons (Fsp3) is 0.318. The van der Waals surface area contributed by atoms with E-state index in [0.29, 0.717) is 5.84 Å². The Morgan fingerprint density at radius 1 is 1.03 bits per heavy atom. The van der Waals surface area contributed by atoms with Crippen LogP contribution in [0.15, 0.2) is 71.9 Å². The lowest BCUT2D eigenvalue weighted by Crippen LogP contribution is -2.26. The summed E-state index contributed by atoms with van der Waals surface area (Å²) in [6.07, 6.45) is 6.10. The number of amidine groups is 1. The molecule has 8 nitrogen and oxygen atoms in total. The molecule has 0 amide bonds. The number of nitrogens with zero attached hydrogens (tertiary/aromatic N) is 3. The summed E-state index contributed by atoms with van der Waals surface area (Å²) in [5.74, 6) is 0.444. The van der Waals surface area contributed by atoms with Crippen molar-refractivity contribution in [1.29, 1.82) is 0 Å². The van der Waals surface area contributed by atoms with Crippen molar-refractivity contribution < 1.29 is 9.85 Å². The lowest BCUT2D eigenvalue weighted by atomic mass is 9.89. The Bertz CT molecular complexity index is 869. The van der Waals surface area contributed by atoms with Crippen LogP contribution in [0, 0.1) is 20.2 Å². The van der Waals surface area contributed by atoms with E-state index in [4.69, 9.17) is 5.73 Å². The minimum absolute atomic E-state index is 0.0738. The van der Waals surface area contributed by atoms with E-state index in [1.54, 1.807) is 12.1 Å². The summed E-state index contributed by atoms with van der Waals surface area (Å²) in [5.41, 5.74) is 7.66. The van der Waals surface area contributed by atoms with Gasteiger partial charge in [0.1, 0.15) is 0 Å². The highest BCUT2D eigenvalue weighted by molar-refractivity contribution is 5.80. The first-order valence-electron chi connectivity index (χ1n) is 9.81. The van der Waals surface area contributed by atoms with Gasteiger partial charge in [0, 0.05) is 17.4 Å². The molecule has 0 saturated carbocycles. The number of benzene rings is 2. The van der Waals surface area contributed by atoms with Crippen LogP contribution in [0.25, 0.3) is 6.08 Å². The molecular weight excluding hydrogens is 384 g/mol. The zero-order valence-electron chi connectivity index (χ0n) is 16.7. The molecule has 2 unspecified atom stereocenters. The minimum Gasteiger partial charge on any atom is -0.387 e. The second kappa shape index (κ2) is 12.1. The molecule has 0 aliphatic carbocycles. The Labute approximate surface area is 175 Å². The highest BCUT2D eigenvalue weighted by atomic mass is 16.6. The van der Waals surface area contributed by atoms with Gasteiger partial charge in [-0.25, -0.2) is 0 Å². The predicted molar refractivity (Wildman–Crippen MR) is 117 cm³/mol. The molecule has 0 spiro atoms. The minimum atomic E-state index is -0.479. The van der Waals surface area contributed by atoms with Crippen LogP contribution in [0.5, 0.6) is 0 Å². The van der Waals surface area contributed by atoms with Crippen molar-refractivity contribution in [3.8, 4) is 0 Å². The monoisotopic (exact) mass is 410 g/mol. The molecule has 3 rings (SSSR count). The molecule has 0 bridgehead atoms. The number of hydrogen-bond acceptors (Lipinski definition) is 6. The Kier molecular flexibility index (Phi) is 9.18. The highest BCUT2D eigenvalue weighted by Crippen LogP contribution is 2.28. The van der Waals surface area contributed by atoms with Crippen molar-refractivity contribution in [3.63, 3.8) is 0 Å². The average Bonchev–Trinajstić information content (AvgIpc) is 2.96. The zero-order valence-corrected chi connectivity index (χ0v) is 16.7. The molecule has 1 aliphatic rings. The molecule has 0 saturated heterocycles. The topological polar surface area (TPSA) is 125 Å². The second-order valence-corrected chi connectivity index (χ2v) is 6.98. The summed E-state index contributed by atoms with van der Waals surface area (Å²) in [7, 11) is 0. The fourth-order valence-corrected chi connectivity index (χ4v) is 3.31. The number of aliphatic imine (C=N–C) groups is 1. The van der Waals surface area contributed by atoms with E-state index >= 15 is 0 Å². The Hall–Kier alpha value is -3.55. The van der Waals surface area contributed by atoms with Crippen molar-refractivity contribution in [2.45, 2.75) is 37.6 Å². The molecule has 2 aromatic rings. The van der Waals surface area contributed by atoms with Crippen molar-refractivity contribution in [1.82, 2.24) is 0 Å². The predicted octanol–water partition coefficient (Wildman–Crippen LogP) is 4.28. The van der Waals surface area contributed by atoms with Crippen molar-refractivity contribution in [3.05, 3.63) is 98.2 Å². The third-order valence-corrected chi connectivity index (χ3v) is 4.74. The smallest absolute Gasteiger partial charge is 0.235 e. The van der Waals surface area contributed by atoms with E-state index in [9.17, 15) is 20.2 Å². The fourth-order valence-electron chi connectivity index (χ4n) is 3.31. The van der Waals surface area contributed by atoms with Gasteiger partial charge in [-0.1, -0.05) is 67.1 Å². The molecule has 0 radical (unpaired) electrons. The van der Waals surface area contributed by atoms with Crippen LogP contribution >= 0.6 is 0 Å². The van der Waals surface area contributed by atoms with Gasteiger partial charge in [0.2, 0.25) is 12.7 Å². The van der Waals surface area contributed by atoms with Crippen LogP contribution in [0.3, 0.4) is 0 Å². The van der Waals surface area contributed by atoms with Crippen LogP contribution in [0.4, 0.5) is 0 Å². The molecule has 2 N–H and O–H groups in total. The van der Waals surface area contributed by atoms with Crippen LogP contribution in [0.2, 0.25) is 0 Å². The molecule has 1 aliphatic heterocycles. The van der Waals surface area contributed by atoms with Gasteiger partial charge < -0.3 is 5.73 Å². The van der Waals surface area contributed by atoms with Gasteiger partial charge in [-0.2, -0.15) is 0 Å². The molecule has 158 valence electrons. The molecule has 1 heterocycles. The third kappa shape index (κ3) is 8.22. The largest absolute Gasteiger partial charge is 0.387 e. The van der Waals surface area contributed by atoms with Crippen LogP contribution in [-0.4, -0.2) is 28.3 Å². The summed E-state index contributed by atoms with van der Waals surface area (Å²) < 4.78 is 0. The molecule has 8 heteroatoms. The standard InChI is InChI=1S/C14H19N3O2.C8H7NO2/c15-14-9-5-4-8-13(16-14)12(10-17(18)19)11-6-2-1-3-7-11;10-9(11)7-6-8-4-2-1-3-5-8/h1-3,6-7,12-13H,4-5,8-10H2,(H2,15,16);1-7H/b;7-6+. The van der Waals surface area contributed by atoms with Crippen molar-refractivity contribution >= 4 is 11.9 Å². The van der Waals surface area contributed by atoms with Gasteiger partial charge in [0.15, 0.2) is 0 Å². The maximum Gasteiger partial charge on any atom is 0.235 e. The van der Waals surface area contributed by atoms with E-state index < -0.39 is 4.92 Å². The van der Waals surface area contributed by atoms with E-state index in [1.807, 2.05) is 48.5 Å². The number of hydrogen-bond donors (Lipinski definition) is 1. The van der Waals surface area contributed by atoms with Crippen molar-refractivity contribution in [2.75, 3.05) is 6.54 Å². The van der Waals surface area contributed by atoms with E-state index in [1.165, 1.54) is 6.08 Å². The Balaban J connectivity index is 0.000000248. The van der Waals surface area contributed by atoms with E-state index in [2.05, 4.69) is 4.99 Å². The molecule has 30 heavy (non-hydrogen) atoms. The first-order chi connectivity index (χ1) is 14.5. The first-order valence-corrected chi connectivity index (χ1v) is 9.81. The van der Waals surface area contributed by atoms with Gasteiger partial charge in [0.25, 0.3) is 0 Å².